The van der Waals surface area contributed by atoms with Crippen LogP contribution in [0.25, 0.3) is 21.5 Å². The molecule has 0 aliphatic carbocycles. The zero-order chi connectivity index (χ0) is 14.7. The average Bonchev–Trinajstić information content (AvgIpc) is 2.88. The van der Waals surface area contributed by atoms with Gasteiger partial charge in [-0.15, -0.1) is 11.3 Å². The standard InChI is InChI=1S/C17H19N3S/c1-3-9-18-11-15-12(2)20-17(21-15)16-14-7-5-4-6-13(14)8-10-19-16/h4-8,10,18H,3,9,11H2,1-2H3. The zero-order valence-electron chi connectivity index (χ0n) is 12.4. The van der Waals surface area contributed by atoms with Crippen molar-refractivity contribution in [2.75, 3.05) is 6.54 Å². The summed E-state index contributed by atoms with van der Waals surface area (Å²) in [5.41, 5.74) is 2.09. The molecule has 108 valence electrons. The molecular weight excluding hydrogens is 278 g/mol. The molecule has 0 unspecified atom stereocenters. The minimum atomic E-state index is 0.891. The summed E-state index contributed by atoms with van der Waals surface area (Å²) in [6.07, 6.45) is 3.01. The second kappa shape index (κ2) is 6.33. The predicted molar refractivity (Wildman–Crippen MR) is 89.6 cm³/mol. The molecule has 3 nitrogen and oxygen atoms in total. The summed E-state index contributed by atoms with van der Waals surface area (Å²) in [4.78, 5) is 10.6. The Kier molecular flexibility index (Phi) is 4.27. The number of nitrogens with one attached hydrogen (secondary N) is 1. The van der Waals surface area contributed by atoms with Crippen molar-refractivity contribution in [2.24, 2.45) is 0 Å². The van der Waals surface area contributed by atoms with E-state index in [1.54, 1.807) is 11.3 Å². The minimum Gasteiger partial charge on any atom is -0.312 e. The van der Waals surface area contributed by atoms with Crippen molar-refractivity contribution in [1.29, 1.82) is 0 Å². The molecule has 0 fully saturated rings. The second-order valence-electron chi connectivity index (χ2n) is 5.09. The van der Waals surface area contributed by atoms with Gasteiger partial charge < -0.3 is 5.32 Å². The van der Waals surface area contributed by atoms with Crippen LogP contribution >= 0.6 is 11.3 Å². The summed E-state index contributed by atoms with van der Waals surface area (Å²) >= 11 is 1.74. The number of nitrogens with zero attached hydrogens (tertiary/aromatic N) is 2. The highest BCUT2D eigenvalue weighted by Gasteiger charge is 2.12. The predicted octanol–water partition coefficient (Wildman–Crippen LogP) is 4.17. The van der Waals surface area contributed by atoms with Crippen LogP contribution in [-0.2, 0) is 6.54 Å². The number of benzene rings is 1. The van der Waals surface area contributed by atoms with E-state index in [-0.39, 0.29) is 0 Å². The van der Waals surface area contributed by atoms with E-state index >= 15 is 0 Å². The second-order valence-corrected chi connectivity index (χ2v) is 6.17. The zero-order valence-corrected chi connectivity index (χ0v) is 13.2. The van der Waals surface area contributed by atoms with Crippen molar-refractivity contribution in [1.82, 2.24) is 15.3 Å². The van der Waals surface area contributed by atoms with E-state index in [0.717, 1.165) is 35.9 Å². The SMILES string of the molecule is CCCNCc1sc(-c2nccc3ccccc23)nc1C. The molecule has 3 rings (SSSR count). The van der Waals surface area contributed by atoms with E-state index in [2.05, 4.69) is 48.4 Å². The maximum atomic E-state index is 4.73. The van der Waals surface area contributed by atoms with Crippen LogP contribution in [0.2, 0.25) is 0 Å². The van der Waals surface area contributed by atoms with Gasteiger partial charge in [-0.2, -0.15) is 0 Å². The van der Waals surface area contributed by atoms with Gasteiger partial charge in [0.15, 0.2) is 0 Å². The van der Waals surface area contributed by atoms with Crippen LogP contribution in [-0.4, -0.2) is 16.5 Å². The molecular formula is C17H19N3S. The Balaban J connectivity index is 1.97. The minimum absolute atomic E-state index is 0.891. The number of hydrogen-bond acceptors (Lipinski definition) is 4. The van der Waals surface area contributed by atoms with Gasteiger partial charge in [-0.25, -0.2) is 4.98 Å². The molecule has 0 spiro atoms. The third-order valence-corrected chi connectivity index (χ3v) is 4.65. The summed E-state index contributed by atoms with van der Waals surface area (Å²) in [5, 5.41) is 6.83. The summed E-state index contributed by atoms with van der Waals surface area (Å²) < 4.78 is 0. The number of hydrogen-bond donors (Lipinski definition) is 1. The maximum absolute atomic E-state index is 4.73. The normalized spacial score (nSPS) is 11.1. The van der Waals surface area contributed by atoms with Gasteiger partial charge in [0.2, 0.25) is 0 Å². The lowest BCUT2D eigenvalue weighted by Crippen LogP contribution is -2.13. The van der Waals surface area contributed by atoms with Crippen molar-refractivity contribution < 1.29 is 0 Å². The molecule has 2 aromatic heterocycles. The largest absolute Gasteiger partial charge is 0.312 e. The number of thiazole rings is 1. The molecule has 0 bridgehead atoms. The average molecular weight is 297 g/mol. The van der Waals surface area contributed by atoms with Gasteiger partial charge in [0.05, 0.1) is 5.69 Å². The van der Waals surface area contributed by atoms with Crippen LogP contribution in [0, 0.1) is 6.92 Å². The highest BCUT2D eigenvalue weighted by Crippen LogP contribution is 2.31. The summed E-state index contributed by atoms with van der Waals surface area (Å²) in [5.74, 6) is 0. The van der Waals surface area contributed by atoms with E-state index in [1.807, 2.05) is 12.3 Å². The van der Waals surface area contributed by atoms with Crippen LogP contribution in [0.5, 0.6) is 0 Å². The molecule has 3 aromatic rings. The van der Waals surface area contributed by atoms with E-state index in [0.29, 0.717) is 0 Å². The fraction of sp³-hybridized carbons (Fsp3) is 0.294. The van der Waals surface area contributed by atoms with Gasteiger partial charge >= 0.3 is 0 Å². The van der Waals surface area contributed by atoms with Crippen LogP contribution < -0.4 is 5.32 Å². The molecule has 0 aliphatic heterocycles. The van der Waals surface area contributed by atoms with Gasteiger partial charge in [0, 0.05) is 23.0 Å². The number of fused-ring (bicyclic) bond motifs is 1. The summed E-state index contributed by atoms with van der Waals surface area (Å²) in [6, 6.07) is 10.4. The fourth-order valence-corrected chi connectivity index (χ4v) is 3.40. The number of aromatic nitrogens is 2. The van der Waals surface area contributed by atoms with Gasteiger partial charge in [-0.3, -0.25) is 4.98 Å². The van der Waals surface area contributed by atoms with Crippen molar-refractivity contribution in [2.45, 2.75) is 26.8 Å². The molecule has 0 saturated carbocycles. The Bertz CT molecular complexity index is 743. The van der Waals surface area contributed by atoms with Crippen molar-refractivity contribution in [3.05, 3.63) is 47.1 Å². The Labute approximate surface area is 129 Å². The quantitative estimate of drug-likeness (QED) is 0.718. The van der Waals surface area contributed by atoms with Crippen LogP contribution in [0.1, 0.15) is 23.9 Å². The lowest BCUT2D eigenvalue weighted by molar-refractivity contribution is 0.678. The first-order valence-electron chi connectivity index (χ1n) is 7.30. The highest BCUT2D eigenvalue weighted by molar-refractivity contribution is 7.15. The van der Waals surface area contributed by atoms with E-state index < -0.39 is 0 Å². The molecule has 0 aliphatic rings. The number of aryl methyl sites for hydroxylation is 1. The molecule has 4 heteroatoms. The van der Waals surface area contributed by atoms with Gasteiger partial charge in [-0.05, 0) is 31.3 Å². The summed E-state index contributed by atoms with van der Waals surface area (Å²) in [7, 11) is 0. The fourth-order valence-electron chi connectivity index (χ4n) is 2.36. The van der Waals surface area contributed by atoms with Crippen LogP contribution in [0.4, 0.5) is 0 Å². The Morgan fingerprint density at radius 2 is 2.05 bits per heavy atom. The van der Waals surface area contributed by atoms with Gasteiger partial charge in [0.25, 0.3) is 0 Å². The lowest BCUT2D eigenvalue weighted by atomic mass is 10.1. The Morgan fingerprint density at radius 1 is 1.19 bits per heavy atom. The maximum Gasteiger partial charge on any atom is 0.143 e. The first-order valence-corrected chi connectivity index (χ1v) is 8.12. The molecule has 0 amide bonds. The van der Waals surface area contributed by atoms with E-state index in [9.17, 15) is 0 Å². The molecule has 21 heavy (non-hydrogen) atoms. The van der Waals surface area contributed by atoms with Gasteiger partial charge in [-0.1, -0.05) is 31.2 Å². The molecule has 2 heterocycles. The van der Waals surface area contributed by atoms with Gasteiger partial charge in [0.1, 0.15) is 10.7 Å². The van der Waals surface area contributed by atoms with Crippen molar-refractivity contribution in [3.63, 3.8) is 0 Å². The molecule has 0 saturated heterocycles. The Hall–Kier alpha value is -1.78. The third-order valence-electron chi connectivity index (χ3n) is 3.48. The third kappa shape index (κ3) is 2.96. The van der Waals surface area contributed by atoms with Crippen molar-refractivity contribution in [3.8, 4) is 10.7 Å². The smallest absolute Gasteiger partial charge is 0.143 e. The van der Waals surface area contributed by atoms with Crippen LogP contribution in [0.15, 0.2) is 36.5 Å². The Morgan fingerprint density at radius 3 is 2.90 bits per heavy atom. The molecule has 1 aromatic carbocycles. The monoisotopic (exact) mass is 297 g/mol. The topological polar surface area (TPSA) is 37.8 Å². The van der Waals surface area contributed by atoms with E-state index in [4.69, 9.17) is 4.98 Å². The number of rotatable bonds is 5. The molecule has 0 atom stereocenters. The first-order chi connectivity index (χ1) is 10.3. The van der Waals surface area contributed by atoms with E-state index in [1.165, 1.54) is 15.6 Å². The molecule has 0 radical (unpaired) electrons. The highest BCUT2D eigenvalue weighted by atomic mass is 32.1. The lowest BCUT2D eigenvalue weighted by Gasteiger charge is -2.02. The number of pyridine rings is 1. The van der Waals surface area contributed by atoms with Crippen LogP contribution in [0.3, 0.4) is 0 Å². The first kappa shape index (κ1) is 14.2. The molecule has 1 N–H and O–H groups in total. The summed E-state index contributed by atoms with van der Waals surface area (Å²) in [6.45, 7) is 6.19. The van der Waals surface area contributed by atoms with Crippen molar-refractivity contribution >= 4 is 22.1 Å².